The maximum absolute atomic E-state index is 12.1. The van der Waals surface area contributed by atoms with Gasteiger partial charge in [0.2, 0.25) is 0 Å². The minimum atomic E-state index is -0.0447. The molecule has 1 rings (SSSR count). The number of carbonyl (C=O) groups is 2. The Morgan fingerprint density at radius 1 is 0.800 bits per heavy atom. The van der Waals surface area contributed by atoms with Gasteiger partial charge in [0.15, 0.2) is 5.78 Å². The molecule has 0 aliphatic rings. The van der Waals surface area contributed by atoms with Crippen LogP contribution in [0.15, 0.2) is 24.3 Å². The number of rotatable bonds is 15. The van der Waals surface area contributed by atoms with Crippen molar-refractivity contribution in [2.75, 3.05) is 0 Å². The smallest absolute Gasteiger partial charge is 0.170 e. The molecule has 0 aliphatic carbocycles. The molecule has 2 heteroatoms. The number of Topliss-reactive ketones (excluding diaryl/α,β-unsaturated/α-hetero) is 2. The van der Waals surface area contributed by atoms with Gasteiger partial charge in [-0.1, -0.05) is 94.9 Å². The van der Waals surface area contributed by atoms with E-state index in [1.807, 2.05) is 25.1 Å². The highest BCUT2D eigenvalue weighted by Crippen LogP contribution is 2.13. The van der Waals surface area contributed by atoms with Crippen LogP contribution in [0.5, 0.6) is 0 Å². The summed E-state index contributed by atoms with van der Waals surface area (Å²) in [4.78, 5) is 24.0. The average molecular weight is 345 g/mol. The van der Waals surface area contributed by atoms with Gasteiger partial charge in [0, 0.05) is 12.0 Å². The summed E-state index contributed by atoms with van der Waals surface area (Å²) in [5.74, 6) is 0.0409. The summed E-state index contributed by atoms with van der Waals surface area (Å²) in [5, 5.41) is 0. The first-order chi connectivity index (χ1) is 12.1. The average Bonchev–Trinajstić information content (AvgIpc) is 2.59. The molecule has 0 saturated heterocycles. The third-order valence-corrected chi connectivity index (χ3v) is 4.76. The lowest BCUT2D eigenvalue weighted by molar-refractivity contribution is -0.118. The number of hydrogen-bond donors (Lipinski definition) is 0. The Morgan fingerprint density at radius 3 is 1.92 bits per heavy atom. The molecule has 0 bridgehead atoms. The summed E-state index contributed by atoms with van der Waals surface area (Å²) in [7, 11) is 0. The minimum Gasteiger partial charge on any atom is -0.299 e. The van der Waals surface area contributed by atoms with Crippen molar-refractivity contribution in [3.8, 4) is 0 Å². The molecule has 0 amide bonds. The van der Waals surface area contributed by atoms with Crippen LogP contribution in [0.4, 0.5) is 0 Å². The van der Waals surface area contributed by atoms with Crippen molar-refractivity contribution < 1.29 is 9.59 Å². The number of carbonyl (C=O) groups excluding carboxylic acids is 2. The fraction of sp³-hybridized carbons (Fsp3) is 0.652. The number of benzene rings is 1. The van der Waals surface area contributed by atoms with Crippen LogP contribution < -0.4 is 0 Å². The van der Waals surface area contributed by atoms with Crippen LogP contribution >= 0.6 is 0 Å². The van der Waals surface area contributed by atoms with Gasteiger partial charge in [-0.05, 0) is 19.4 Å². The fourth-order valence-corrected chi connectivity index (χ4v) is 3.17. The second-order valence-electron chi connectivity index (χ2n) is 7.29. The Bertz CT molecular complexity index is 505. The highest BCUT2D eigenvalue weighted by Gasteiger charge is 2.11. The maximum Gasteiger partial charge on any atom is 0.170 e. The Kier molecular flexibility index (Phi) is 11.9. The number of unbranched alkanes of at least 4 members (excludes halogenated alkanes) is 10. The predicted molar refractivity (Wildman–Crippen MR) is 106 cm³/mol. The maximum atomic E-state index is 12.1. The van der Waals surface area contributed by atoms with Gasteiger partial charge >= 0.3 is 0 Å². The molecule has 0 aliphatic heterocycles. The lowest BCUT2D eigenvalue weighted by Gasteiger charge is -2.04. The topological polar surface area (TPSA) is 34.1 Å². The van der Waals surface area contributed by atoms with Crippen LogP contribution in [0.25, 0.3) is 0 Å². The molecule has 0 N–H and O–H groups in total. The van der Waals surface area contributed by atoms with Crippen molar-refractivity contribution in [3.63, 3.8) is 0 Å². The molecule has 0 fully saturated rings. The molecule has 0 aromatic heterocycles. The van der Waals surface area contributed by atoms with Crippen molar-refractivity contribution in [3.05, 3.63) is 35.4 Å². The molecule has 0 heterocycles. The summed E-state index contributed by atoms with van der Waals surface area (Å²) in [6, 6.07) is 7.49. The molecule has 0 spiro atoms. The molecule has 0 unspecified atom stereocenters. The second-order valence-corrected chi connectivity index (χ2v) is 7.29. The van der Waals surface area contributed by atoms with Gasteiger partial charge in [-0.25, -0.2) is 0 Å². The molecule has 1 aromatic rings. The van der Waals surface area contributed by atoms with E-state index >= 15 is 0 Å². The van der Waals surface area contributed by atoms with Crippen LogP contribution in [0.3, 0.4) is 0 Å². The summed E-state index contributed by atoms with van der Waals surface area (Å²) in [6.45, 7) is 4.22. The van der Waals surface area contributed by atoms with E-state index < -0.39 is 0 Å². The van der Waals surface area contributed by atoms with Crippen LogP contribution in [0.2, 0.25) is 0 Å². The Labute approximate surface area is 154 Å². The van der Waals surface area contributed by atoms with E-state index in [4.69, 9.17) is 0 Å². The zero-order valence-corrected chi connectivity index (χ0v) is 16.3. The van der Waals surface area contributed by atoms with Gasteiger partial charge < -0.3 is 0 Å². The lowest BCUT2D eigenvalue weighted by atomic mass is 10.0. The molecule has 140 valence electrons. The van der Waals surface area contributed by atoms with Crippen molar-refractivity contribution in [2.24, 2.45) is 0 Å². The van der Waals surface area contributed by atoms with Gasteiger partial charge in [-0.2, -0.15) is 0 Å². The molecular weight excluding hydrogens is 308 g/mol. The zero-order chi connectivity index (χ0) is 18.3. The van der Waals surface area contributed by atoms with Crippen molar-refractivity contribution in [2.45, 2.75) is 97.3 Å². The van der Waals surface area contributed by atoms with E-state index in [2.05, 4.69) is 6.92 Å². The first kappa shape index (κ1) is 21.6. The molecule has 0 saturated carbocycles. The molecule has 0 atom stereocenters. The lowest BCUT2D eigenvalue weighted by Crippen LogP contribution is -2.08. The zero-order valence-electron chi connectivity index (χ0n) is 16.3. The van der Waals surface area contributed by atoms with E-state index in [0.717, 1.165) is 18.4 Å². The normalized spacial score (nSPS) is 10.8. The monoisotopic (exact) mass is 344 g/mol. The number of ketones is 2. The number of hydrogen-bond acceptors (Lipinski definition) is 2. The summed E-state index contributed by atoms with van der Waals surface area (Å²) in [6.07, 6.45) is 14.7. The SMILES string of the molecule is CCCCCCCCCCCCCC(=O)CC(=O)c1cccc(C)c1. The van der Waals surface area contributed by atoms with Crippen LogP contribution in [-0.2, 0) is 4.79 Å². The minimum absolute atomic E-state index is 0.0447. The highest BCUT2D eigenvalue weighted by atomic mass is 16.1. The first-order valence-corrected chi connectivity index (χ1v) is 10.2. The van der Waals surface area contributed by atoms with Crippen molar-refractivity contribution >= 4 is 11.6 Å². The van der Waals surface area contributed by atoms with E-state index in [1.165, 1.54) is 57.8 Å². The molecule has 1 aromatic carbocycles. The first-order valence-electron chi connectivity index (χ1n) is 10.2. The van der Waals surface area contributed by atoms with Gasteiger partial charge in [-0.3, -0.25) is 9.59 Å². The Balaban J connectivity index is 1.99. The molecule has 2 nitrogen and oxygen atoms in total. The Hall–Kier alpha value is -1.44. The number of aryl methyl sites for hydroxylation is 1. The van der Waals surface area contributed by atoms with Crippen molar-refractivity contribution in [1.82, 2.24) is 0 Å². The quantitative estimate of drug-likeness (QED) is 0.198. The standard InChI is InChI=1S/C23H36O2/c1-3-4-5-6-7-8-9-10-11-12-13-17-22(24)19-23(25)21-16-14-15-20(2)18-21/h14-16,18H,3-13,17,19H2,1-2H3. The van der Waals surface area contributed by atoms with Crippen molar-refractivity contribution in [1.29, 1.82) is 0 Å². The Morgan fingerprint density at radius 2 is 1.36 bits per heavy atom. The van der Waals surface area contributed by atoms with Gasteiger partial charge in [-0.15, -0.1) is 0 Å². The van der Waals surface area contributed by atoms with E-state index in [9.17, 15) is 9.59 Å². The largest absolute Gasteiger partial charge is 0.299 e. The second kappa shape index (κ2) is 13.8. The molecule has 0 radical (unpaired) electrons. The van der Waals surface area contributed by atoms with E-state index in [1.54, 1.807) is 6.07 Å². The van der Waals surface area contributed by atoms with E-state index in [0.29, 0.717) is 12.0 Å². The third kappa shape index (κ3) is 10.9. The van der Waals surface area contributed by atoms with Gasteiger partial charge in [0.25, 0.3) is 0 Å². The van der Waals surface area contributed by atoms with Crippen LogP contribution in [0.1, 0.15) is 106 Å². The fourth-order valence-electron chi connectivity index (χ4n) is 3.17. The predicted octanol–water partition coefficient (Wildman–Crippen LogP) is 6.84. The summed E-state index contributed by atoms with van der Waals surface area (Å²) >= 11 is 0. The van der Waals surface area contributed by atoms with Gasteiger partial charge in [0.1, 0.15) is 5.78 Å². The van der Waals surface area contributed by atoms with Crippen LogP contribution in [0, 0.1) is 6.92 Å². The van der Waals surface area contributed by atoms with Crippen LogP contribution in [-0.4, -0.2) is 11.6 Å². The van der Waals surface area contributed by atoms with Gasteiger partial charge in [0.05, 0.1) is 6.42 Å². The third-order valence-electron chi connectivity index (χ3n) is 4.76. The summed E-state index contributed by atoms with van der Waals surface area (Å²) in [5.41, 5.74) is 1.72. The van der Waals surface area contributed by atoms with E-state index in [-0.39, 0.29) is 18.0 Å². The summed E-state index contributed by atoms with van der Waals surface area (Å²) < 4.78 is 0. The highest BCUT2D eigenvalue weighted by molar-refractivity contribution is 6.07. The molecular formula is C23H36O2. The molecule has 25 heavy (non-hydrogen) atoms.